The molecule has 5 nitrogen and oxygen atoms in total. The van der Waals surface area contributed by atoms with Gasteiger partial charge in [-0.2, -0.15) is 0 Å². The number of rotatable bonds is 5. The molecule has 6 N–H and O–H groups in total. The molecule has 0 aromatic heterocycles. The number of nitrogens with one attached hydrogen (secondary N) is 1. The summed E-state index contributed by atoms with van der Waals surface area (Å²) in [5.41, 5.74) is 10.9. The Bertz CT molecular complexity index is 196. The number of nitrogens with two attached hydrogens (primary N) is 2. The van der Waals surface area contributed by atoms with E-state index in [9.17, 15) is 5.11 Å². The van der Waals surface area contributed by atoms with Crippen molar-refractivity contribution in [2.45, 2.75) is 25.2 Å². The fourth-order valence-corrected chi connectivity index (χ4v) is 1.23. The Morgan fingerprint density at radius 1 is 1.64 bits per heavy atom. The van der Waals surface area contributed by atoms with E-state index in [0.29, 0.717) is 19.5 Å². The van der Waals surface area contributed by atoms with Crippen LogP contribution in [0.1, 0.15) is 12.8 Å². The molecule has 0 amide bonds. The van der Waals surface area contributed by atoms with Crippen LogP contribution >= 0.6 is 0 Å². The van der Waals surface area contributed by atoms with Crippen molar-refractivity contribution in [3.05, 3.63) is 11.8 Å². The van der Waals surface area contributed by atoms with E-state index in [1.54, 1.807) is 0 Å². The Kier molecular flexibility index (Phi) is 4.89. The SMILES string of the molecule is NCCCNCC1=CC[C@@H](N)[C@@H](O)O1. The summed E-state index contributed by atoms with van der Waals surface area (Å²) >= 11 is 0. The van der Waals surface area contributed by atoms with Crippen molar-refractivity contribution >= 4 is 0 Å². The highest BCUT2D eigenvalue weighted by molar-refractivity contribution is 5.01. The zero-order valence-electron chi connectivity index (χ0n) is 8.28. The molecule has 0 bridgehead atoms. The molecule has 0 saturated heterocycles. The summed E-state index contributed by atoms with van der Waals surface area (Å²) in [7, 11) is 0. The van der Waals surface area contributed by atoms with Crippen LogP contribution in [-0.4, -0.2) is 37.1 Å². The van der Waals surface area contributed by atoms with Crippen LogP contribution in [0.4, 0.5) is 0 Å². The van der Waals surface area contributed by atoms with Gasteiger partial charge in [0.15, 0.2) is 0 Å². The smallest absolute Gasteiger partial charge is 0.212 e. The van der Waals surface area contributed by atoms with Gasteiger partial charge in [-0.15, -0.1) is 0 Å². The van der Waals surface area contributed by atoms with Crippen molar-refractivity contribution < 1.29 is 9.84 Å². The standard InChI is InChI=1S/C9H19N3O2/c10-4-1-5-12-6-7-2-3-8(11)9(13)14-7/h2,8-9,12-13H,1,3-6,10-11H2/t8-,9+/m1/s1. The Hall–Kier alpha value is -0.620. The van der Waals surface area contributed by atoms with Gasteiger partial charge in [0.05, 0.1) is 12.6 Å². The highest BCUT2D eigenvalue weighted by Crippen LogP contribution is 2.13. The Morgan fingerprint density at radius 3 is 3.07 bits per heavy atom. The van der Waals surface area contributed by atoms with Crippen LogP contribution in [0.2, 0.25) is 0 Å². The quantitative estimate of drug-likeness (QED) is 0.423. The van der Waals surface area contributed by atoms with Crippen LogP contribution in [0.5, 0.6) is 0 Å². The minimum Gasteiger partial charge on any atom is -0.467 e. The first-order valence-electron chi connectivity index (χ1n) is 4.94. The number of hydrogen-bond acceptors (Lipinski definition) is 5. The van der Waals surface area contributed by atoms with Gasteiger partial charge in [-0.25, -0.2) is 0 Å². The summed E-state index contributed by atoms with van der Waals surface area (Å²) < 4.78 is 5.18. The number of aliphatic hydroxyl groups excluding tert-OH is 1. The van der Waals surface area contributed by atoms with Crippen molar-refractivity contribution in [2.75, 3.05) is 19.6 Å². The first kappa shape index (κ1) is 11.5. The highest BCUT2D eigenvalue weighted by atomic mass is 16.6. The number of hydrogen-bond donors (Lipinski definition) is 4. The molecule has 1 aliphatic rings. The van der Waals surface area contributed by atoms with Gasteiger partial charge >= 0.3 is 0 Å². The first-order chi connectivity index (χ1) is 6.74. The van der Waals surface area contributed by atoms with Crippen molar-refractivity contribution in [1.29, 1.82) is 0 Å². The molecule has 1 aliphatic heterocycles. The van der Waals surface area contributed by atoms with Crippen LogP contribution in [-0.2, 0) is 4.74 Å². The molecular formula is C9H19N3O2. The minimum absolute atomic E-state index is 0.303. The fraction of sp³-hybridized carbons (Fsp3) is 0.778. The number of ether oxygens (including phenoxy) is 1. The third-order valence-electron chi connectivity index (χ3n) is 2.11. The third-order valence-corrected chi connectivity index (χ3v) is 2.11. The highest BCUT2D eigenvalue weighted by Gasteiger charge is 2.20. The Balaban J connectivity index is 2.18. The molecule has 1 rings (SSSR count). The third kappa shape index (κ3) is 3.63. The van der Waals surface area contributed by atoms with E-state index in [2.05, 4.69) is 5.32 Å². The molecule has 0 aromatic rings. The molecule has 2 atom stereocenters. The van der Waals surface area contributed by atoms with E-state index in [-0.39, 0.29) is 6.04 Å². The van der Waals surface area contributed by atoms with Gasteiger partial charge < -0.3 is 26.6 Å². The van der Waals surface area contributed by atoms with E-state index in [1.807, 2.05) is 6.08 Å². The van der Waals surface area contributed by atoms with Gasteiger partial charge in [-0.1, -0.05) is 0 Å². The monoisotopic (exact) mass is 201 g/mol. The zero-order chi connectivity index (χ0) is 10.4. The maximum atomic E-state index is 9.31. The molecule has 0 fully saturated rings. The molecule has 0 unspecified atom stereocenters. The lowest BCUT2D eigenvalue weighted by molar-refractivity contribution is -0.0899. The maximum Gasteiger partial charge on any atom is 0.212 e. The lowest BCUT2D eigenvalue weighted by Gasteiger charge is -2.25. The summed E-state index contributed by atoms with van der Waals surface area (Å²) in [5.74, 6) is 0.760. The maximum absolute atomic E-state index is 9.31. The van der Waals surface area contributed by atoms with Gasteiger partial charge in [-0.3, -0.25) is 0 Å². The Morgan fingerprint density at radius 2 is 2.43 bits per heavy atom. The molecule has 14 heavy (non-hydrogen) atoms. The average molecular weight is 201 g/mol. The van der Waals surface area contributed by atoms with Gasteiger partial charge in [0.2, 0.25) is 6.29 Å². The summed E-state index contributed by atoms with van der Waals surface area (Å²) in [6.45, 7) is 2.17. The summed E-state index contributed by atoms with van der Waals surface area (Å²) in [4.78, 5) is 0. The normalized spacial score (nSPS) is 26.9. The van der Waals surface area contributed by atoms with Crippen LogP contribution in [0.3, 0.4) is 0 Å². The Labute approximate surface area is 84.1 Å². The van der Waals surface area contributed by atoms with E-state index in [1.165, 1.54) is 0 Å². The van der Waals surface area contributed by atoms with Gasteiger partial charge in [0.25, 0.3) is 0 Å². The van der Waals surface area contributed by atoms with E-state index < -0.39 is 6.29 Å². The van der Waals surface area contributed by atoms with Crippen LogP contribution in [0.15, 0.2) is 11.8 Å². The molecule has 82 valence electrons. The summed E-state index contributed by atoms with van der Waals surface area (Å²) in [6.07, 6.45) is 2.64. The molecule has 5 heteroatoms. The summed E-state index contributed by atoms with van der Waals surface area (Å²) in [5, 5.41) is 12.5. The second-order valence-corrected chi connectivity index (χ2v) is 3.40. The molecule has 0 radical (unpaired) electrons. The van der Waals surface area contributed by atoms with Crippen molar-refractivity contribution in [2.24, 2.45) is 11.5 Å². The fourth-order valence-electron chi connectivity index (χ4n) is 1.23. The van der Waals surface area contributed by atoms with E-state index >= 15 is 0 Å². The van der Waals surface area contributed by atoms with E-state index in [4.69, 9.17) is 16.2 Å². The zero-order valence-corrected chi connectivity index (χ0v) is 8.28. The lowest BCUT2D eigenvalue weighted by Crippen LogP contribution is -2.40. The van der Waals surface area contributed by atoms with Crippen LogP contribution < -0.4 is 16.8 Å². The molecule has 1 heterocycles. The first-order valence-corrected chi connectivity index (χ1v) is 4.94. The van der Waals surface area contributed by atoms with Gasteiger partial charge in [-0.05, 0) is 32.0 Å². The molecule has 0 saturated carbocycles. The van der Waals surface area contributed by atoms with E-state index in [0.717, 1.165) is 18.7 Å². The average Bonchev–Trinajstić information content (AvgIpc) is 2.18. The topological polar surface area (TPSA) is 93.5 Å². The number of aliphatic hydroxyl groups is 1. The second kappa shape index (κ2) is 5.98. The summed E-state index contributed by atoms with van der Waals surface area (Å²) in [6, 6.07) is -0.303. The molecule has 0 spiro atoms. The van der Waals surface area contributed by atoms with Crippen molar-refractivity contribution in [1.82, 2.24) is 5.32 Å². The lowest BCUT2D eigenvalue weighted by atomic mass is 10.1. The second-order valence-electron chi connectivity index (χ2n) is 3.40. The molecule has 0 aromatic carbocycles. The predicted molar refractivity (Wildman–Crippen MR) is 54.3 cm³/mol. The molecular weight excluding hydrogens is 182 g/mol. The van der Waals surface area contributed by atoms with Crippen molar-refractivity contribution in [3.63, 3.8) is 0 Å². The van der Waals surface area contributed by atoms with Gasteiger partial charge in [0.1, 0.15) is 5.76 Å². The predicted octanol–water partition coefficient (Wildman–Crippen LogP) is -1.13. The van der Waals surface area contributed by atoms with Crippen molar-refractivity contribution in [3.8, 4) is 0 Å². The largest absolute Gasteiger partial charge is 0.467 e. The molecule has 0 aliphatic carbocycles. The van der Waals surface area contributed by atoms with Crippen LogP contribution in [0, 0.1) is 0 Å². The minimum atomic E-state index is -0.869. The van der Waals surface area contributed by atoms with Crippen LogP contribution in [0.25, 0.3) is 0 Å². The van der Waals surface area contributed by atoms with Gasteiger partial charge in [0, 0.05) is 0 Å².